The van der Waals surface area contributed by atoms with E-state index in [2.05, 4.69) is 12.1 Å². The van der Waals surface area contributed by atoms with Gasteiger partial charge in [0, 0.05) is 22.2 Å². The molecule has 2 aromatic carbocycles. The van der Waals surface area contributed by atoms with Gasteiger partial charge in [0.25, 0.3) is 0 Å². The molecule has 0 amide bonds. The number of rotatable bonds is 7. The molecule has 6 nitrogen and oxygen atoms in total. The number of aliphatic carboxylic acids is 2. The smallest absolute Gasteiger partial charge is 0.325 e. The molecule has 1 aromatic heterocycles. The Labute approximate surface area is 185 Å². The number of likely N-dealkylation sites (tertiary alicyclic amines) is 1. The highest BCUT2D eigenvalue weighted by atomic mass is 35.5. The average molecular weight is 441 g/mol. The van der Waals surface area contributed by atoms with E-state index in [1.54, 1.807) is 29.0 Å². The second-order valence-electron chi connectivity index (χ2n) is 8.18. The second-order valence-corrected chi connectivity index (χ2v) is 8.61. The Bertz CT molecular complexity index is 1090. The molecule has 162 valence electrons. The molecule has 31 heavy (non-hydrogen) atoms. The number of hydrogen-bond donors (Lipinski definition) is 2. The first-order chi connectivity index (χ1) is 14.9. The molecule has 1 fully saturated rings. The normalized spacial score (nSPS) is 16.4. The Balaban J connectivity index is 1.58. The lowest BCUT2D eigenvalue weighted by Gasteiger charge is -2.35. The first kappa shape index (κ1) is 21.4. The van der Waals surface area contributed by atoms with Gasteiger partial charge in [-0.2, -0.15) is 0 Å². The van der Waals surface area contributed by atoms with Crippen LogP contribution in [-0.4, -0.2) is 44.7 Å². The maximum atomic E-state index is 12.3. The Hall–Kier alpha value is -2.83. The van der Waals surface area contributed by atoms with Crippen molar-refractivity contribution in [2.24, 2.45) is 5.92 Å². The highest BCUT2D eigenvalue weighted by Gasteiger charge is 2.33. The van der Waals surface area contributed by atoms with Gasteiger partial charge in [-0.25, -0.2) is 0 Å². The molecule has 1 unspecified atom stereocenters. The summed E-state index contributed by atoms with van der Waals surface area (Å²) >= 11 is 6.12. The molecule has 3 aromatic rings. The molecule has 0 bridgehead atoms. The van der Waals surface area contributed by atoms with E-state index in [1.165, 1.54) is 5.56 Å². The predicted octanol–water partition coefficient (Wildman–Crippen LogP) is 4.46. The van der Waals surface area contributed by atoms with Crippen molar-refractivity contribution in [3.8, 4) is 0 Å². The number of nitrogens with zero attached hydrogens (tertiary/aromatic N) is 2. The van der Waals surface area contributed by atoms with Gasteiger partial charge in [0.2, 0.25) is 0 Å². The minimum Gasteiger partial charge on any atom is -0.480 e. The van der Waals surface area contributed by atoms with Crippen molar-refractivity contribution in [2.45, 2.75) is 31.8 Å². The van der Waals surface area contributed by atoms with Gasteiger partial charge in [0.05, 0.1) is 5.52 Å². The monoisotopic (exact) mass is 440 g/mol. The van der Waals surface area contributed by atoms with E-state index in [0.717, 1.165) is 24.6 Å². The summed E-state index contributed by atoms with van der Waals surface area (Å²) < 4.78 is 1.57. The van der Waals surface area contributed by atoms with E-state index in [9.17, 15) is 19.8 Å². The van der Waals surface area contributed by atoms with Gasteiger partial charge in [-0.15, -0.1) is 0 Å². The van der Waals surface area contributed by atoms with E-state index in [4.69, 9.17) is 11.6 Å². The number of fused-ring (bicyclic) bond motifs is 1. The fourth-order valence-electron chi connectivity index (χ4n) is 4.64. The first-order valence-corrected chi connectivity index (χ1v) is 10.8. The van der Waals surface area contributed by atoms with Crippen LogP contribution in [0.25, 0.3) is 10.9 Å². The highest BCUT2D eigenvalue weighted by molar-refractivity contribution is 6.31. The van der Waals surface area contributed by atoms with Crippen LogP contribution < -0.4 is 0 Å². The Kier molecular flexibility index (Phi) is 6.30. The fraction of sp³-hybridized carbons (Fsp3) is 0.333. The average Bonchev–Trinajstić information content (AvgIpc) is 3.06. The van der Waals surface area contributed by atoms with Gasteiger partial charge in [-0.3, -0.25) is 14.5 Å². The van der Waals surface area contributed by atoms with E-state index in [0.29, 0.717) is 35.1 Å². The zero-order valence-electron chi connectivity index (χ0n) is 17.1. The van der Waals surface area contributed by atoms with Crippen LogP contribution in [0.5, 0.6) is 0 Å². The summed E-state index contributed by atoms with van der Waals surface area (Å²) in [4.78, 5) is 25.6. The Morgan fingerprint density at radius 2 is 1.77 bits per heavy atom. The molecule has 0 saturated carbocycles. The second kappa shape index (κ2) is 9.12. The summed E-state index contributed by atoms with van der Waals surface area (Å²) in [6, 6.07) is 14.7. The molecule has 7 heteroatoms. The topological polar surface area (TPSA) is 82.8 Å². The van der Waals surface area contributed by atoms with Crippen LogP contribution >= 0.6 is 11.6 Å². The molecule has 0 aliphatic carbocycles. The lowest BCUT2D eigenvalue weighted by molar-refractivity contribution is -0.144. The Morgan fingerprint density at radius 3 is 2.42 bits per heavy atom. The van der Waals surface area contributed by atoms with Crippen LogP contribution in [0.2, 0.25) is 5.02 Å². The van der Waals surface area contributed by atoms with Gasteiger partial charge in [-0.05, 0) is 56.0 Å². The van der Waals surface area contributed by atoms with E-state index >= 15 is 0 Å². The molecule has 2 N–H and O–H groups in total. The number of hydrogen-bond acceptors (Lipinski definition) is 3. The summed E-state index contributed by atoms with van der Waals surface area (Å²) in [5, 5.41) is 20.6. The van der Waals surface area contributed by atoms with Crippen molar-refractivity contribution in [1.82, 2.24) is 9.47 Å². The zero-order chi connectivity index (χ0) is 22.0. The quantitative estimate of drug-likeness (QED) is 0.566. The van der Waals surface area contributed by atoms with Crippen molar-refractivity contribution < 1.29 is 19.8 Å². The van der Waals surface area contributed by atoms with Crippen LogP contribution in [0.1, 0.15) is 30.0 Å². The maximum absolute atomic E-state index is 12.3. The first-order valence-electron chi connectivity index (χ1n) is 10.4. The number of carboxylic acids is 2. The van der Waals surface area contributed by atoms with Gasteiger partial charge < -0.3 is 14.8 Å². The standard InChI is InChI=1S/C24H25ClN2O4/c25-18-6-7-19-20(14-27(15-22(28)29)21(19)13-18)23(24(30)31)26-10-8-17(9-11-26)12-16-4-2-1-3-5-16/h1-7,13-14,17,23H,8-12,15H2,(H,28,29)(H,30,31). The van der Waals surface area contributed by atoms with E-state index in [1.807, 2.05) is 23.1 Å². The van der Waals surface area contributed by atoms with Gasteiger partial charge in [0.1, 0.15) is 12.6 Å². The molecular weight excluding hydrogens is 416 g/mol. The fourth-order valence-corrected chi connectivity index (χ4v) is 4.80. The number of halogens is 1. The molecule has 1 atom stereocenters. The number of carbonyl (C=O) groups is 2. The van der Waals surface area contributed by atoms with Crippen LogP contribution in [0, 0.1) is 5.92 Å². The van der Waals surface area contributed by atoms with Crippen molar-refractivity contribution in [1.29, 1.82) is 0 Å². The lowest BCUT2D eigenvalue weighted by atomic mass is 9.89. The SMILES string of the molecule is O=C(O)Cn1cc(C(C(=O)O)N2CCC(Cc3ccccc3)CC2)c2ccc(Cl)cc21. The predicted molar refractivity (Wildman–Crippen MR) is 119 cm³/mol. The molecule has 0 radical (unpaired) electrons. The largest absolute Gasteiger partial charge is 0.480 e. The number of piperidine rings is 1. The van der Waals surface area contributed by atoms with E-state index in [-0.39, 0.29) is 6.54 Å². The molecule has 4 rings (SSSR count). The highest BCUT2D eigenvalue weighted by Crippen LogP contribution is 2.35. The molecule has 0 spiro atoms. The third-order valence-electron chi connectivity index (χ3n) is 6.09. The van der Waals surface area contributed by atoms with Crippen LogP contribution in [0.15, 0.2) is 54.7 Å². The number of aromatic nitrogens is 1. The van der Waals surface area contributed by atoms with Gasteiger partial charge in [0.15, 0.2) is 0 Å². The summed E-state index contributed by atoms with van der Waals surface area (Å²) in [5.41, 5.74) is 2.56. The number of benzene rings is 2. The van der Waals surface area contributed by atoms with Crippen LogP contribution in [-0.2, 0) is 22.6 Å². The third kappa shape index (κ3) is 4.75. The molecule has 2 heterocycles. The van der Waals surface area contributed by atoms with Crippen LogP contribution in [0.3, 0.4) is 0 Å². The molecule has 1 aliphatic heterocycles. The van der Waals surface area contributed by atoms with Gasteiger partial charge >= 0.3 is 11.9 Å². The van der Waals surface area contributed by atoms with Crippen LogP contribution in [0.4, 0.5) is 0 Å². The lowest BCUT2D eigenvalue weighted by Crippen LogP contribution is -2.40. The van der Waals surface area contributed by atoms with Crippen molar-refractivity contribution in [3.05, 3.63) is 70.9 Å². The minimum atomic E-state index is -0.989. The molecular formula is C24H25ClN2O4. The summed E-state index contributed by atoms with van der Waals surface area (Å²) in [6.45, 7) is 1.13. The summed E-state index contributed by atoms with van der Waals surface area (Å²) in [7, 11) is 0. The molecule has 1 aliphatic rings. The number of carboxylic acid groups (broad SMARTS) is 2. The summed E-state index contributed by atoms with van der Waals surface area (Å²) in [5.74, 6) is -1.39. The maximum Gasteiger partial charge on any atom is 0.325 e. The molecule has 1 saturated heterocycles. The summed E-state index contributed by atoms with van der Waals surface area (Å²) in [6.07, 6.45) is 4.52. The third-order valence-corrected chi connectivity index (χ3v) is 6.33. The Morgan fingerprint density at radius 1 is 1.06 bits per heavy atom. The van der Waals surface area contributed by atoms with E-state index < -0.39 is 18.0 Å². The van der Waals surface area contributed by atoms with Gasteiger partial charge in [-0.1, -0.05) is 48.0 Å². The zero-order valence-corrected chi connectivity index (χ0v) is 17.8. The van der Waals surface area contributed by atoms with Crippen molar-refractivity contribution in [2.75, 3.05) is 13.1 Å². The van der Waals surface area contributed by atoms with Crippen molar-refractivity contribution in [3.63, 3.8) is 0 Å². The minimum absolute atomic E-state index is 0.248. The van der Waals surface area contributed by atoms with Crippen molar-refractivity contribution >= 4 is 34.4 Å².